The molecule has 0 aliphatic heterocycles. The number of hydrogen-bond donors (Lipinski definition) is 1. The van der Waals surface area contributed by atoms with Crippen LogP contribution < -0.4 is 5.32 Å². The van der Waals surface area contributed by atoms with Crippen LogP contribution in [-0.4, -0.2) is 9.91 Å². The van der Waals surface area contributed by atoms with Crippen LogP contribution in [0, 0.1) is 21.7 Å². The fraction of sp³-hybridized carbons (Fsp3) is 0.267. The van der Waals surface area contributed by atoms with Crippen molar-refractivity contribution < 1.29 is 13.7 Å². The Morgan fingerprint density at radius 2 is 2.14 bits per heavy atom. The molecule has 5 nitrogen and oxygen atoms in total. The summed E-state index contributed by atoms with van der Waals surface area (Å²) in [7, 11) is 0. The van der Waals surface area contributed by atoms with Crippen LogP contribution >= 0.6 is 0 Å². The van der Waals surface area contributed by atoms with Gasteiger partial charge >= 0.3 is 5.69 Å². The molecule has 0 aliphatic rings. The van der Waals surface area contributed by atoms with Gasteiger partial charge in [0.2, 0.25) is 5.82 Å². The summed E-state index contributed by atoms with van der Waals surface area (Å²) in [6.45, 7) is 1.91. The molecule has 0 amide bonds. The van der Waals surface area contributed by atoms with E-state index >= 15 is 0 Å². The lowest BCUT2D eigenvalue weighted by atomic mass is 10.0. The van der Waals surface area contributed by atoms with Gasteiger partial charge in [-0.05, 0) is 18.6 Å². The standard InChI is InChI=1S/C15H15F2N3O2/c1-2-4-13(11-7-6-10(16)9-12(11)17)19-15-14(20(21)22)5-3-8-18-15/h3,5-9,13H,2,4H2,1H3,(H,18,19). The molecule has 2 rings (SSSR count). The minimum Gasteiger partial charge on any atom is -0.357 e. The highest BCUT2D eigenvalue weighted by Crippen LogP contribution is 2.29. The van der Waals surface area contributed by atoms with Gasteiger partial charge < -0.3 is 5.32 Å². The van der Waals surface area contributed by atoms with Gasteiger partial charge in [0.1, 0.15) is 11.6 Å². The number of nitrogens with one attached hydrogen (secondary N) is 1. The number of halogens is 2. The summed E-state index contributed by atoms with van der Waals surface area (Å²) in [5.74, 6) is -1.29. The number of nitro groups is 1. The molecular weight excluding hydrogens is 292 g/mol. The van der Waals surface area contributed by atoms with E-state index in [1.807, 2.05) is 6.92 Å². The van der Waals surface area contributed by atoms with Crippen molar-refractivity contribution in [2.24, 2.45) is 0 Å². The van der Waals surface area contributed by atoms with Crippen LogP contribution in [0.3, 0.4) is 0 Å². The molecule has 2 aromatic rings. The molecule has 0 radical (unpaired) electrons. The zero-order chi connectivity index (χ0) is 16.1. The molecule has 116 valence electrons. The molecule has 22 heavy (non-hydrogen) atoms. The second kappa shape index (κ2) is 6.93. The molecule has 1 aromatic carbocycles. The van der Waals surface area contributed by atoms with Crippen molar-refractivity contribution in [1.82, 2.24) is 4.98 Å². The molecule has 0 fully saturated rings. The molecule has 0 saturated carbocycles. The Morgan fingerprint density at radius 3 is 2.77 bits per heavy atom. The van der Waals surface area contributed by atoms with Crippen LogP contribution in [0.2, 0.25) is 0 Å². The molecule has 0 saturated heterocycles. The normalized spacial score (nSPS) is 12.0. The number of hydrogen-bond acceptors (Lipinski definition) is 4. The number of anilines is 1. The summed E-state index contributed by atoms with van der Waals surface area (Å²) >= 11 is 0. The van der Waals surface area contributed by atoms with E-state index < -0.39 is 22.6 Å². The van der Waals surface area contributed by atoms with Crippen LogP contribution in [0.25, 0.3) is 0 Å². The fourth-order valence-electron chi connectivity index (χ4n) is 2.20. The van der Waals surface area contributed by atoms with Crippen molar-refractivity contribution in [3.8, 4) is 0 Å². The van der Waals surface area contributed by atoms with Gasteiger partial charge in [-0.2, -0.15) is 0 Å². The van der Waals surface area contributed by atoms with Gasteiger partial charge in [-0.25, -0.2) is 13.8 Å². The first-order valence-corrected chi connectivity index (χ1v) is 6.83. The number of pyridine rings is 1. The third-order valence-electron chi connectivity index (χ3n) is 3.21. The smallest absolute Gasteiger partial charge is 0.311 e. The molecule has 0 spiro atoms. The van der Waals surface area contributed by atoms with E-state index in [0.29, 0.717) is 6.42 Å². The Bertz CT molecular complexity index is 680. The number of aromatic nitrogens is 1. The lowest BCUT2D eigenvalue weighted by Crippen LogP contribution is -2.14. The minimum atomic E-state index is -0.690. The molecule has 1 aromatic heterocycles. The SMILES string of the molecule is CCCC(Nc1ncccc1[N+](=O)[O-])c1ccc(F)cc1F. The molecule has 0 bridgehead atoms. The molecule has 1 unspecified atom stereocenters. The average Bonchev–Trinajstić information content (AvgIpc) is 2.47. The van der Waals surface area contributed by atoms with Gasteiger partial charge in [0.15, 0.2) is 0 Å². The van der Waals surface area contributed by atoms with E-state index in [9.17, 15) is 18.9 Å². The Morgan fingerprint density at radius 1 is 1.36 bits per heavy atom. The van der Waals surface area contributed by atoms with Crippen molar-refractivity contribution >= 4 is 11.5 Å². The van der Waals surface area contributed by atoms with Gasteiger partial charge in [-0.1, -0.05) is 19.4 Å². The maximum Gasteiger partial charge on any atom is 0.311 e. The molecule has 1 heterocycles. The van der Waals surface area contributed by atoms with E-state index in [1.54, 1.807) is 0 Å². The lowest BCUT2D eigenvalue weighted by molar-refractivity contribution is -0.384. The number of nitrogens with zero attached hydrogens (tertiary/aromatic N) is 2. The second-order valence-electron chi connectivity index (χ2n) is 4.78. The topological polar surface area (TPSA) is 68.1 Å². The van der Waals surface area contributed by atoms with Crippen molar-refractivity contribution in [3.63, 3.8) is 0 Å². The van der Waals surface area contributed by atoms with Gasteiger partial charge in [0, 0.05) is 23.9 Å². The van der Waals surface area contributed by atoms with E-state index in [1.165, 1.54) is 24.4 Å². The lowest BCUT2D eigenvalue weighted by Gasteiger charge is -2.19. The Kier molecular flexibility index (Phi) is 4.98. The average molecular weight is 307 g/mol. The quantitative estimate of drug-likeness (QED) is 0.641. The summed E-state index contributed by atoms with van der Waals surface area (Å²) in [4.78, 5) is 14.4. The second-order valence-corrected chi connectivity index (χ2v) is 4.78. The monoisotopic (exact) mass is 307 g/mol. The first kappa shape index (κ1) is 15.8. The number of benzene rings is 1. The largest absolute Gasteiger partial charge is 0.357 e. The minimum absolute atomic E-state index is 0.0645. The summed E-state index contributed by atoms with van der Waals surface area (Å²) in [5, 5.41) is 13.9. The maximum absolute atomic E-state index is 14.0. The highest BCUT2D eigenvalue weighted by molar-refractivity contribution is 5.56. The summed E-state index contributed by atoms with van der Waals surface area (Å²) in [6, 6.07) is 5.55. The molecule has 1 atom stereocenters. The van der Waals surface area contributed by atoms with E-state index in [-0.39, 0.29) is 17.1 Å². The van der Waals surface area contributed by atoms with Crippen LogP contribution in [0.15, 0.2) is 36.5 Å². The first-order chi connectivity index (χ1) is 10.5. The molecular formula is C15H15F2N3O2. The number of rotatable bonds is 6. The first-order valence-electron chi connectivity index (χ1n) is 6.83. The Hall–Kier alpha value is -2.57. The molecule has 0 aliphatic carbocycles. The van der Waals surface area contributed by atoms with E-state index in [0.717, 1.165) is 18.6 Å². The zero-order valence-corrected chi connectivity index (χ0v) is 11.9. The van der Waals surface area contributed by atoms with Crippen molar-refractivity contribution in [3.05, 3.63) is 63.8 Å². The maximum atomic E-state index is 14.0. The van der Waals surface area contributed by atoms with Gasteiger partial charge in [0.25, 0.3) is 0 Å². The highest BCUT2D eigenvalue weighted by atomic mass is 19.1. The van der Waals surface area contributed by atoms with Crippen LogP contribution in [0.5, 0.6) is 0 Å². The van der Waals surface area contributed by atoms with Crippen LogP contribution in [0.4, 0.5) is 20.3 Å². The van der Waals surface area contributed by atoms with Crippen molar-refractivity contribution in [1.29, 1.82) is 0 Å². The summed E-state index contributed by atoms with van der Waals surface area (Å²) in [6.07, 6.45) is 2.66. The Labute approximate surface area is 126 Å². The summed E-state index contributed by atoms with van der Waals surface area (Å²) < 4.78 is 27.0. The van der Waals surface area contributed by atoms with E-state index in [4.69, 9.17) is 0 Å². The van der Waals surface area contributed by atoms with Crippen molar-refractivity contribution in [2.75, 3.05) is 5.32 Å². The fourth-order valence-corrected chi connectivity index (χ4v) is 2.20. The Balaban J connectivity index is 2.35. The van der Waals surface area contributed by atoms with Gasteiger partial charge in [-0.15, -0.1) is 0 Å². The molecule has 1 N–H and O–H groups in total. The van der Waals surface area contributed by atoms with Crippen molar-refractivity contribution in [2.45, 2.75) is 25.8 Å². The molecule has 7 heteroatoms. The highest BCUT2D eigenvalue weighted by Gasteiger charge is 2.21. The third kappa shape index (κ3) is 3.55. The van der Waals surface area contributed by atoms with Gasteiger partial charge in [-0.3, -0.25) is 10.1 Å². The summed E-state index contributed by atoms with van der Waals surface area (Å²) in [5.41, 5.74) is 0.0642. The predicted molar refractivity (Wildman–Crippen MR) is 78.5 cm³/mol. The van der Waals surface area contributed by atoms with Gasteiger partial charge in [0.05, 0.1) is 11.0 Å². The predicted octanol–water partition coefficient (Wildman–Crippen LogP) is 4.22. The third-order valence-corrected chi connectivity index (χ3v) is 3.21. The van der Waals surface area contributed by atoms with Crippen LogP contribution in [0.1, 0.15) is 31.4 Å². The van der Waals surface area contributed by atoms with Crippen LogP contribution in [-0.2, 0) is 0 Å². The zero-order valence-electron chi connectivity index (χ0n) is 11.9. The van der Waals surface area contributed by atoms with E-state index in [2.05, 4.69) is 10.3 Å².